The molecule has 1 aliphatic heterocycles. The SMILES string of the molecule is COCCn1cnc2cc(N3CCN(C(=O)c4ccc[nH]c4=O)CC3)ccc2c1=O. The summed E-state index contributed by atoms with van der Waals surface area (Å²) in [5.74, 6) is -0.256. The second-order valence-electron chi connectivity index (χ2n) is 7.13. The van der Waals surface area contributed by atoms with Crippen molar-refractivity contribution in [2.75, 3.05) is 44.8 Å². The molecule has 4 rings (SSSR count). The first-order valence-corrected chi connectivity index (χ1v) is 9.78. The van der Waals surface area contributed by atoms with E-state index < -0.39 is 0 Å². The number of nitrogens with one attached hydrogen (secondary N) is 1. The molecule has 0 saturated carbocycles. The summed E-state index contributed by atoms with van der Waals surface area (Å²) in [6.45, 7) is 3.19. The number of aromatic amines is 1. The van der Waals surface area contributed by atoms with Crippen molar-refractivity contribution in [1.29, 1.82) is 0 Å². The molecule has 1 aromatic carbocycles. The largest absolute Gasteiger partial charge is 0.383 e. The molecule has 0 atom stereocenters. The van der Waals surface area contributed by atoms with Gasteiger partial charge in [-0.05, 0) is 30.3 Å². The quantitative estimate of drug-likeness (QED) is 0.666. The molecule has 1 aliphatic rings. The molecule has 0 spiro atoms. The number of aromatic nitrogens is 3. The van der Waals surface area contributed by atoms with E-state index in [0.717, 1.165) is 5.69 Å². The molecule has 1 saturated heterocycles. The molecule has 1 fully saturated rings. The molecule has 156 valence electrons. The first-order chi connectivity index (χ1) is 14.6. The van der Waals surface area contributed by atoms with Crippen molar-refractivity contribution >= 4 is 22.5 Å². The Morgan fingerprint density at radius 1 is 1.17 bits per heavy atom. The Kier molecular flexibility index (Phi) is 5.62. The topological polar surface area (TPSA) is 101 Å². The number of anilines is 1. The Hall–Kier alpha value is -3.46. The third-order valence-corrected chi connectivity index (χ3v) is 5.33. The van der Waals surface area contributed by atoms with Gasteiger partial charge in [-0.3, -0.25) is 19.0 Å². The molecule has 3 aromatic rings. The molecule has 9 nitrogen and oxygen atoms in total. The lowest BCUT2D eigenvalue weighted by Gasteiger charge is -2.36. The predicted octanol–water partition coefficient (Wildman–Crippen LogP) is 0.694. The van der Waals surface area contributed by atoms with Crippen LogP contribution < -0.4 is 16.0 Å². The molecule has 2 aromatic heterocycles. The van der Waals surface area contributed by atoms with Gasteiger partial charge in [0, 0.05) is 45.2 Å². The number of nitrogens with zero attached hydrogens (tertiary/aromatic N) is 4. The van der Waals surface area contributed by atoms with Crippen LogP contribution in [0.5, 0.6) is 0 Å². The standard InChI is InChI=1S/C21H23N5O4/c1-30-12-11-26-14-23-18-13-15(4-5-16(18)20(26)28)24-7-9-25(10-8-24)21(29)17-3-2-6-22-19(17)27/h2-6,13-14H,7-12H2,1H3,(H,22,27). The fraction of sp³-hybridized carbons (Fsp3) is 0.333. The summed E-state index contributed by atoms with van der Waals surface area (Å²) >= 11 is 0. The highest BCUT2D eigenvalue weighted by molar-refractivity contribution is 5.94. The summed E-state index contributed by atoms with van der Waals surface area (Å²) < 4.78 is 6.57. The molecule has 1 N–H and O–H groups in total. The second-order valence-corrected chi connectivity index (χ2v) is 7.13. The first kappa shape index (κ1) is 19.8. The van der Waals surface area contributed by atoms with Gasteiger partial charge in [0.05, 0.1) is 30.4 Å². The number of carbonyl (C=O) groups excluding carboxylic acids is 1. The van der Waals surface area contributed by atoms with Crippen molar-refractivity contribution in [3.8, 4) is 0 Å². The Morgan fingerprint density at radius 2 is 1.97 bits per heavy atom. The van der Waals surface area contributed by atoms with E-state index in [1.54, 1.807) is 41.1 Å². The van der Waals surface area contributed by atoms with Crippen LogP contribution in [-0.2, 0) is 11.3 Å². The van der Waals surface area contributed by atoms with Gasteiger partial charge >= 0.3 is 0 Å². The van der Waals surface area contributed by atoms with Crippen molar-refractivity contribution < 1.29 is 9.53 Å². The third kappa shape index (κ3) is 3.84. The lowest BCUT2D eigenvalue weighted by Crippen LogP contribution is -2.49. The Labute approximate surface area is 172 Å². The van der Waals surface area contributed by atoms with Crippen LogP contribution in [0.25, 0.3) is 10.9 Å². The molecule has 0 aliphatic carbocycles. The molecular formula is C21H23N5O4. The Bertz CT molecular complexity index is 1180. The molecule has 9 heteroatoms. The van der Waals surface area contributed by atoms with Crippen LogP contribution in [0.4, 0.5) is 5.69 Å². The molecule has 0 unspecified atom stereocenters. The van der Waals surface area contributed by atoms with Gasteiger partial charge in [0.15, 0.2) is 0 Å². The normalized spacial score (nSPS) is 14.3. The van der Waals surface area contributed by atoms with Crippen molar-refractivity contribution in [2.24, 2.45) is 0 Å². The number of piperazine rings is 1. The van der Waals surface area contributed by atoms with Gasteiger partial charge < -0.3 is 19.5 Å². The minimum absolute atomic E-state index is 0.0906. The number of hydrogen-bond acceptors (Lipinski definition) is 6. The number of fused-ring (bicyclic) bond motifs is 1. The van der Waals surface area contributed by atoms with Crippen LogP contribution in [0.2, 0.25) is 0 Å². The highest BCUT2D eigenvalue weighted by Crippen LogP contribution is 2.21. The van der Waals surface area contributed by atoms with Crippen molar-refractivity contribution in [2.45, 2.75) is 6.54 Å². The number of pyridine rings is 1. The molecule has 3 heterocycles. The van der Waals surface area contributed by atoms with E-state index in [9.17, 15) is 14.4 Å². The second kappa shape index (κ2) is 8.50. The zero-order valence-corrected chi connectivity index (χ0v) is 16.7. The van der Waals surface area contributed by atoms with Crippen LogP contribution in [0.1, 0.15) is 10.4 Å². The van der Waals surface area contributed by atoms with E-state index in [1.165, 1.54) is 6.20 Å². The van der Waals surface area contributed by atoms with Crippen LogP contribution in [0, 0.1) is 0 Å². The fourth-order valence-electron chi connectivity index (χ4n) is 3.62. The number of rotatable bonds is 5. The maximum atomic E-state index is 12.6. The van der Waals surface area contributed by atoms with Crippen LogP contribution in [-0.4, -0.2) is 65.2 Å². The van der Waals surface area contributed by atoms with Crippen LogP contribution in [0.3, 0.4) is 0 Å². The van der Waals surface area contributed by atoms with Crippen LogP contribution in [0.15, 0.2) is 52.4 Å². The third-order valence-electron chi connectivity index (χ3n) is 5.33. The summed E-state index contributed by atoms with van der Waals surface area (Å²) in [5.41, 5.74) is 1.29. The molecule has 0 radical (unpaired) electrons. The van der Waals surface area contributed by atoms with E-state index in [-0.39, 0.29) is 22.6 Å². The number of amides is 1. The number of H-pyrrole nitrogens is 1. The fourth-order valence-corrected chi connectivity index (χ4v) is 3.62. The lowest BCUT2D eigenvalue weighted by atomic mass is 10.1. The van der Waals surface area contributed by atoms with Gasteiger partial charge in [-0.2, -0.15) is 0 Å². The summed E-state index contributed by atoms with van der Waals surface area (Å²) in [6, 6.07) is 8.80. The Morgan fingerprint density at radius 3 is 2.70 bits per heavy atom. The van der Waals surface area contributed by atoms with Crippen LogP contribution >= 0.6 is 0 Å². The molecule has 30 heavy (non-hydrogen) atoms. The van der Waals surface area contributed by atoms with E-state index in [0.29, 0.717) is 50.2 Å². The van der Waals surface area contributed by atoms with E-state index in [1.807, 2.05) is 12.1 Å². The Balaban J connectivity index is 1.48. The highest BCUT2D eigenvalue weighted by atomic mass is 16.5. The van der Waals surface area contributed by atoms with Crippen molar-refractivity contribution in [1.82, 2.24) is 19.4 Å². The van der Waals surface area contributed by atoms with E-state index in [4.69, 9.17) is 4.74 Å². The average Bonchev–Trinajstić information content (AvgIpc) is 2.78. The average molecular weight is 409 g/mol. The number of carbonyl (C=O) groups is 1. The minimum atomic E-state index is -0.373. The maximum Gasteiger partial charge on any atom is 0.261 e. The van der Waals surface area contributed by atoms with Crippen molar-refractivity contribution in [3.05, 3.63) is 69.1 Å². The van der Waals surface area contributed by atoms with Gasteiger partial charge in [-0.15, -0.1) is 0 Å². The zero-order valence-electron chi connectivity index (χ0n) is 16.7. The van der Waals surface area contributed by atoms with Gasteiger partial charge in [-0.1, -0.05) is 0 Å². The minimum Gasteiger partial charge on any atom is -0.383 e. The lowest BCUT2D eigenvalue weighted by molar-refractivity contribution is 0.0745. The monoisotopic (exact) mass is 409 g/mol. The maximum absolute atomic E-state index is 12.6. The van der Waals surface area contributed by atoms with Gasteiger partial charge in [0.1, 0.15) is 5.56 Å². The van der Waals surface area contributed by atoms with Gasteiger partial charge in [0.2, 0.25) is 0 Å². The number of ether oxygens (including phenoxy) is 1. The smallest absolute Gasteiger partial charge is 0.261 e. The van der Waals surface area contributed by atoms with Gasteiger partial charge in [-0.25, -0.2) is 4.98 Å². The molecule has 1 amide bonds. The summed E-state index contributed by atoms with van der Waals surface area (Å²) in [7, 11) is 1.59. The molecule has 0 bridgehead atoms. The predicted molar refractivity (Wildman–Crippen MR) is 113 cm³/mol. The molecular weight excluding hydrogens is 386 g/mol. The summed E-state index contributed by atoms with van der Waals surface area (Å²) in [5, 5.41) is 0.564. The highest BCUT2D eigenvalue weighted by Gasteiger charge is 2.24. The van der Waals surface area contributed by atoms with Crippen molar-refractivity contribution in [3.63, 3.8) is 0 Å². The number of benzene rings is 1. The first-order valence-electron chi connectivity index (χ1n) is 9.78. The summed E-state index contributed by atoms with van der Waals surface area (Å²) in [4.78, 5) is 47.9. The van der Waals surface area contributed by atoms with Gasteiger partial charge in [0.25, 0.3) is 17.0 Å². The van der Waals surface area contributed by atoms with E-state index in [2.05, 4.69) is 14.9 Å². The summed E-state index contributed by atoms with van der Waals surface area (Å²) in [6.07, 6.45) is 3.05. The number of methoxy groups -OCH3 is 1. The van der Waals surface area contributed by atoms with E-state index >= 15 is 0 Å². The number of hydrogen-bond donors (Lipinski definition) is 1. The zero-order chi connectivity index (χ0) is 21.1.